The Morgan fingerprint density at radius 1 is 0.944 bits per heavy atom. The summed E-state index contributed by atoms with van der Waals surface area (Å²) >= 11 is 4.05. The molecule has 0 radical (unpaired) electrons. The smallest absolute Gasteiger partial charge is 0.183 e. The maximum absolute atomic E-state index is 6.07. The summed E-state index contributed by atoms with van der Waals surface area (Å²) in [5, 5.41) is 4.45. The van der Waals surface area contributed by atoms with E-state index in [4.69, 9.17) is 4.74 Å². The van der Waals surface area contributed by atoms with Crippen LogP contribution in [0.15, 0.2) is 60.0 Å². The Kier molecular flexibility index (Phi) is 3.52. The molecule has 18 heavy (non-hydrogen) atoms. The second-order valence-corrected chi connectivity index (χ2v) is 6.04. The molecule has 2 aromatic carbocycles. The molecule has 0 aliphatic carbocycles. The Morgan fingerprint density at radius 3 is 2.61 bits per heavy atom. The largest absolute Gasteiger partial charge is 0.474 e. The second-order valence-electron chi connectivity index (χ2n) is 3.93. The normalized spacial score (nSPS) is 12.5. The van der Waals surface area contributed by atoms with Gasteiger partial charge in [0.05, 0.1) is 4.88 Å². The first-order valence-electron chi connectivity index (χ1n) is 5.66. The number of rotatable bonds is 3. The number of hydrogen-bond acceptors (Lipinski definition) is 2. The Bertz CT molecular complexity index is 643. The minimum atomic E-state index is 0.0633. The molecule has 3 aromatic rings. The van der Waals surface area contributed by atoms with Gasteiger partial charge in [0.25, 0.3) is 0 Å². The first-order chi connectivity index (χ1) is 8.84. The van der Waals surface area contributed by atoms with E-state index in [1.54, 1.807) is 11.3 Å². The lowest BCUT2D eigenvalue weighted by molar-refractivity contribution is 0.318. The summed E-state index contributed by atoms with van der Waals surface area (Å²) in [5.74, 6) is 0.945. The van der Waals surface area contributed by atoms with Crippen LogP contribution >= 0.6 is 33.9 Å². The fraction of sp³-hybridized carbons (Fsp3) is 0.0667. The summed E-state index contributed by atoms with van der Waals surface area (Å²) < 4.78 is 6.13. The molecule has 0 saturated heterocycles. The van der Waals surface area contributed by atoms with Crippen molar-refractivity contribution in [2.24, 2.45) is 0 Å². The van der Waals surface area contributed by atoms with Gasteiger partial charge in [0.2, 0.25) is 0 Å². The second kappa shape index (κ2) is 5.28. The molecule has 0 fully saturated rings. The van der Waals surface area contributed by atoms with Crippen molar-refractivity contribution < 1.29 is 4.74 Å². The third-order valence-corrected chi connectivity index (χ3v) is 5.01. The van der Waals surface area contributed by atoms with Crippen LogP contribution in [0.25, 0.3) is 10.8 Å². The molecule has 0 bridgehead atoms. The van der Waals surface area contributed by atoms with Gasteiger partial charge in [-0.1, -0.05) is 42.5 Å². The fourth-order valence-corrected chi connectivity index (χ4v) is 3.44. The third-order valence-electron chi connectivity index (χ3n) is 2.75. The molecular formula is C15H11IOS. The van der Waals surface area contributed by atoms with Crippen molar-refractivity contribution in [3.8, 4) is 5.75 Å². The zero-order chi connectivity index (χ0) is 12.4. The van der Waals surface area contributed by atoms with Crippen LogP contribution in [-0.2, 0) is 0 Å². The highest BCUT2D eigenvalue weighted by Crippen LogP contribution is 2.34. The maximum atomic E-state index is 6.07. The standard InChI is InChI=1S/C15H11IOS/c16-15(14-9-4-10-18-14)17-13-8-3-6-11-5-1-2-7-12(11)13/h1-10,15H. The van der Waals surface area contributed by atoms with Gasteiger partial charge in [0.15, 0.2) is 4.11 Å². The number of hydrogen-bond donors (Lipinski definition) is 0. The van der Waals surface area contributed by atoms with Crippen molar-refractivity contribution in [2.75, 3.05) is 0 Å². The van der Waals surface area contributed by atoms with Crippen molar-refractivity contribution in [3.05, 3.63) is 64.9 Å². The predicted molar refractivity (Wildman–Crippen MR) is 85.7 cm³/mol. The number of halogens is 1. The molecule has 0 aliphatic rings. The van der Waals surface area contributed by atoms with Gasteiger partial charge >= 0.3 is 0 Å². The topological polar surface area (TPSA) is 9.23 Å². The van der Waals surface area contributed by atoms with E-state index in [-0.39, 0.29) is 4.11 Å². The SMILES string of the molecule is IC(Oc1cccc2ccccc12)c1cccs1. The van der Waals surface area contributed by atoms with Crippen LogP contribution < -0.4 is 4.74 Å². The summed E-state index contributed by atoms with van der Waals surface area (Å²) in [7, 11) is 0. The minimum Gasteiger partial charge on any atom is -0.474 e. The number of thiophene rings is 1. The molecule has 1 aromatic heterocycles. The van der Waals surface area contributed by atoms with E-state index < -0.39 is 0 Å². The van der Waals surface area contributed by atoms with Gasteiger partial charge < -0.3 is 4.74 Å². The van der Waals surface area contributed by atoms with E-state index in [9.17, 15) is 0 Å². The summed E-state index contributed by atoms with van der Waals surface area (Å²) in [5.41, 5.74) is 0. The van der Waals surface area contributed by atoms with Crippen LogP contribution in [0.2, 0.25) is 0 Å². The monoisotopic (exact) mass is 366 g/mol. The van der Waals surface area contributed by atoms with E-state index in [1.807, 2.05) is 24.3 Å². The van der Waals surface area contributed by atoms with Gasteiger partial charge in [0, 0.05) is 5.39 Å². The number of ether oxygens (including phenoxy) is 1. The van der Waals surface area contributed by atoms with E-state index in [1.165, 1.54) is 15.6 Å². The van der Waals surface area contributed by atoms with Crippen molar-refractivity contribution in [3.63, 3.8) is 0 Å². The minimum absolute atomic E-state index is 0.0633. The Morgan fingerprint density at radius 2 is 1.78 bits per heavy atom. The van der Waals surface area contributed by atoms with Crippen LogP contribution in [-0.4, -0.2) is 0 Å². The predicted octanol–water partition coefficient (Wildman–Crippen LogP) is 5.41. The van der Waals surface area contributed by atoms with Crippen molar-refractivity contribution in [1.29, 1.82) is 0 Å². The highest BCUT2D eigenvalue weighted by atomic mass is 127. The van der Waals surface area contributed by atoms with Crippen molar-refractivity contribution >= 4 is 44.7 Å². The Labute approximate surface area is 124 Å². The zero-order valence-corrected chi connectivity index (χ0v) is 12.5. The number of benzene rings is 2. The average Bonchev–Trinajstić information content (AvgIpc) is 2.93. The Balaban J connectivity index is 1.95. The molecule has 3 heteroatoms. The van der Waals surface area contributed by atoms with Gasteiger partial charge in [-0.2, -0.15) is 0 Å². The maximum Gasteiger partial charge on any atom is 0.183 e. The van der Waals surface area contributed by atoms with E-state index in [0.717, 1.165) is 5.75 Å². The zero-order valence-electron chi connectivity index (χ0n) is 9.55. The van der Waals surface area contributed by atoms with E-state index in [2.05, 4.69) is 58.3 Å². The Hall–Kier alpha value is -1.07. The lowest BCUT2D eigenvalue weighted by atomic mass is 10.1. The molecule has 0 saturated carbocycles. The molecule has 1 heterocycles. The quantitative estimate of drug-likeness (QED) is 0.445. The third kappa shape index (κ3) is 2.37. The van der Waals surface area contributed by atoms with Gasteiger partial charge in [0.1, 0.15) is 5.75 Å². The molecule has 0 aliphatic heterocycles. The van der Waals surface area contributed by atoms with Crippen molar-refractivity contribution in [2.45, 2.75) is 4.11 Å². The fourth-order valence-electron chi connectivity index (χ4n) is 1.89. The summed E-state index contributed by atoms with van der Waals surface area (Å²) in [6, 6.07) is 18.6. The number of alkyl halides is 1. The highest BCUT2D eigenvalue weighted by Gasteiger charge is 2.11. The molecule has 3 rings (SSSR count). The van der Waals surface area contributed by atoms with Crippen molar-refractivity contribution in [1.82, 2.24) is 0 Å². The van der Waals surface area contributed by atoms with Crippen LogP contribution in [0.4, 0.5) is 0 Å². The summed E-state index contributed by atoms with van der Waals surface area (Å²) in [6.07, 6.45) is 0. The van der Waals surface area contributed by atoms with E-state index >= 15 is 0 Å². The van der Waals surface area contributed by atoms with Crippen LogP contribution in [0.5, 0.6) is 5.75 Å². The van der Waals surface area contributed by atoms with Gasteiger partial charge in [-0.05, 0) is 45.5 Å². The highest BCUT2D eigenvalue weighted by molar-refractivity contribution is 14.1. The molecule has 1 atom stereocenters. The van der Waals surface area contributed by atoms with Crippen LogP contribution in [0.3, 0.4) is 0 Å². The van der Waals surface area contributed by atoms with Crippen LogP contribution in [0, 0.1) is 0 Å². The molecule has 0 amide bonds. The molecule has 1 nitrogen and oxygen atoms in total. The lowest BCUT2D eigenvalue weighted by Crippen LogP contribution is -1.97. The summed E-state index contributed by atoms with van der Waals surface area (Å²) in [6.45, 7) is 0. The lowest BCUT2D eigenvalue weighted by Gasteiger charge is -2.13. The van der Waals surface area contributed by atoms with E-state index in [0.29, 0.717) is 0 Å². The first-order valence-corrected chi connectivity index (χ1v) is 7.79. The molecule has 1 unspecified atom stereocenters. The number of fused-ring (bicyclic) bond motifs is 1. The van der Waals surface area contributed by atoms with Gasteiger partial charge in [-0.3, -0.25) is 0 Å². The molecule has 0 spiro atoms. The summed E-state index contributed by atoms with van der Waals surface area (Å²) in [4.78, 5) is 1.24. The van der Waals surface area contributed by atoms with Crippen LogP contribution in [0.1, 0.15) is 8.99 Å². The molecular weight excluding hydrogens is 355 g/mol. The molecule has 90 valence electrons. The first kappa shape index (κ1) is 12.0. The van der Waals surface area contributed by atoms with Gasteiger partial charge in [-0.15, -0.1) is 11.3 Å². The molecule has 0 N–H and O–H groups in total. The van der Waals surface area contributed by atoms with Gasteiger partial charge in [-0.25, -0.2) is 0 Å². The average molecular weight is 366 g/mol.